The Labute approximate surface area is 130 Å². The number of hydrogen-bond acceptors (Lipinski definition) is 4. The van der Waals surface area contributed by atoms with Crippen LogP contribution in [0.4, 0.5) is 10.2 Å². The molecular formula is C16H22FN3O2. The average molecular weight is 307 g/mol. The number of carbonyl (C=O) groups is 1. The molecule has 2 aliphatic heterocycles. The molecule has 5 nitrogen and oxygen atoms in total. The molecule has 2 fully saturated rings. The van der Waals surface area contributed by atoms with Gasteiger partial charge in [-0.15, -0.1) is 0 Å². The van der Waals surface area contributed by atoms with Gasteiger partial charge >= 0.3 is 0 Å². The van der Waals surface area contributed by atoms with Crippen LogP contribution in [-0.4, -0.2) is 54.7 Å². The van der Waals surface area contributed by atoms with Crippen molar-refractivity contribution in [3.63, 3.8) is 0 Å². The van der Waals surface area contributed by atoms with E-state index in [-0.39, 0.29) is 23.7 Å². The van der Waals surface area contributed by atoms with Crippen LogP contribution in [-0.2, 0) is 9.53 Å². The molecule has 0 N–H and O–H groups in total. The van der Waals surface area contributed by atoms with E-state index in [1.165, 1.54) is 6.07 Å². The monoisotopic (exact) mass is 307 g/mol. The van der Waals surface area contributed by atoms with Gasteiger partial charge in [0.1, 0.15) is 0 Å². The molecule has 1 amide bonds. The third-order valence-electron chi connectivity index (χ3n) is 4.55. The molecule has 0 radical (unpaired) electrons. The molecule has 3 rings (SSSR count). The molecule has 22 heavy (non-hydrogen) atoms. The maximum Gasteiger partial charge on any atom is 0.228 e. The Balaban J connectivity index is 1.59. The van der Waals surface area contributed by atoms with Crippen LogP contribution in [0.15, 0.2) is 18.3 Å². The molecule has 2 aliphatic rings. The highest BCUT2D eigenvalue weighted by molar-refractivity contribution is 5.79. The first kappa shape index (κ1) is 15.2. The zero-order valence-corrected chi connectivity index (χ0v) is 12.9. The fraction of sp³-hybridized carbons (Fsp3) is 0.625. The van der Waals surface area contributed by atoms with Crippen LogP contribution in [0.5, 0.6) is 0 Å². The summed E-state index contributed by atoms with van der Waals surface area (Å²) in [6, 6.07) is 3.00. The van der Waals surface area contributed by atoms with Crippen molar-refractivity contribution in [1.29, 1.82) is 0 Å². The second-order valence-electron chi connectivity index (χ2n) is 5.95. The second-order valence-corrected chi connectivity index (χ2v) is 5.95. The van der Waals surface area contributed by atoms with Crippen molar-refractivity contribution in [3.8, 4) is 0 Å². The third-order valence-corrected chi connectivity index (χ3v) is 4.55. The molecule has 0 aliphatic carbocycles. The van der Waals surface area contributed by atoms with Gasteiger partial charge in [0.2, 0.25) is 5.91 Å². The molecule has 0 saturated carbocycles. The first-order chi connectivity index (χ1) is 10.7. The Morgan fingerprint density at radius 3 is 2.82 bits per heavy atom. The number of aromatic nitrogens is 1. The van der Waals surface area contributed by atoms with Crippen LogP contribution in [0.2, 0.25) is 0 Å². The lowest BCUT2D eigenvalue weighted by atomic mass is 9.93. The van der Waals surface area contributed by atoms with E-state index in [0.717, 1.165) is 19.4 Å². The van der Waals surface area contributed by atoms with E-state index < -0.39 is 0 Å². The van der Waals surface area contributed by atoms with Gasteiger partial charge in [-0.2, -0.15) is 0 Å². The first-order valence-corrected chi connectivity index (χ1v) is 7.92. The number of pyridine rings is 1. The second kappa shape index (κ2) is 6.60. The van der Waals surface area contributed by atoms with Gasteiger partial charge in [-0.05, 0) is 31.9 Å². The number of ether oxygens (including phenoxy) is 1. The standard InChI is InChI=1S/C16H22FN3O2/c1-12-13(4-3-11-22-12)16(21)20-9-7-19(8-10-20)15-14(17)5-2-6-18-15/h2,5-6,12-13H,3-4,7-11H2,1H3. The summed E-state index contributed by atoms with van der Waals surface area (Å²) in [6.45, 7) is 5.16. The van der Waals surface area contributed by atoms with Crippen molar-refractivity contribution in [2.24, 2.45) is 5.92 Å². The van der Waals surface area contributed by atoms with E-state index in [2.05, 4.69) is 4.98 Å². The Hall–Kier alpha value is -1.69. The van der Waals surface area contributed by atoms with Gasteiger partial charge in [-0.3, -0.25) is 4.79 Å². The summed E-state index contributed by atoms with van der Waals surface area (Å²) in [5, 5.41) is 0. The number of anilines is 1. The minimum Gasteiger partial charge on any atom is -0.378 e. The van der Waals surface area contributed by atoms with Gasteiger partial charge in [-0.25, -0.2) is 9.37 Å². The van der Waals surface area contributed by atoms with Gasteiger partial charge in [0.15, 0.2) is 11.6 Å². The predicted molar refractivity (Wildman–Crippen MR) is 81.1 cm³/mol. The van der Waals surface area contributed by atoms with E-state index >= 15 is 0 Å². The molecule has 2 saturated heterocycles. The minimum absolute atomic E-state index is 0.00693. The number of halogens is 1. The normalized spacial score (nSPS) is 26.1. The van der Waals surface area contributed by atoms with Gasteiger partial charge in [0.25, 0.3) is 0 Å². The summed E-state index contributed by atoms with van der Waals surface area (Å²) in [6.07, 6.45) is 3.43. The van der Waals surface area contributed by atoms with Crippen LogP contribution in [0.3, 0.4) is 0 Å². The van der Waals surface area contributed by atoms with Crippen LogP contribution in [0.25, 0.3) is 0 Å². The van der Waals surface area contributed by atoms with Crippen molar-refractivity contribution in [2.45, 2.75) is 25.9 Å². The average Bonchev–Trinajstić information content (AvgIpc) is 2.55. The van der Waals surface area contributed by atoms with Crippen LogP contribution < -0.4 is 4.90 Å². The highest BCUT2D eigenvalue weighted by atomic mass is 19.1. The Morgan fingerprint density at radius 2 is 2.14 bits per heavy atom. The largest absolute Gasteiger partial charge is 0.378 e. The zero-order valence-electron chi connectivity index (χ0n) is 12.9. The lowest BCUT2D eigenvalue weighted by Crippen LogP contribution is -2.52. The number of carbonyl (C=O) groups excluding carboxylic acids is 1. The lowest BCUT2D eigenvalue weighted by Gasteiger charge is -2.39. The van der Waals surface area contributed by atoms with Gasteiger partial charge < -0.3 is 14.5 Å². The van der Waals surface area contributed by atoms with E-state index in [1.807, 2.05) is 16.7 Å². The smallest absolute Gasteiger partial charge is 0.228 e. The van der Waals surface area contributed by atoms with E-state index in [9.17, 15) is 9.18 Å². The molecule has 1 aromatic rings. The molecule has 0 aromatic carbocycles. The molecule has 3 heterocycles. The molecular weight excluding hydrogens is 285 g/mol. The molecule has 2 unspecified atom stereocenters. The molecule has 1 aromatic heterocycles. The van der Waals surface area contributed by atoms with Gasteiger partial charge in [-0.1, -0.05) is 0 Å². The first-order valence-electron chi connectivity index (χ1n) is 7.92. The zero-order chi connectivity index (χ0) is 15.5. The molecule has 6 heteroatoms. The lowest BCUT2D eigenvalue weighted by molar-refractivity contribution is -0.144. The minimum atomic E-state index is -0.309. The van der Waals surface area contributed by atoms with Gasteiger partial charge in [0.05, 0.1) is 12.0 Å². The van der Waals surface area contributed by atoms with E-state index in [0.29, 0.717) is 32.0 Å². The maximum atomic E-state index is 13.8. The fourth-order valence-corrected chi connectivity index (χ4v) is 3.23. The van der Waals surface area contributed by atoms with Gasteiger partial charge in [0, 0.05) is 39.0 Å². The van der Waals surface area contributed by atoms with Crippen LogP contribution in [0.1, 0.15) is 19.8 Å². The Kier molecular flexibility index (Phi) is 4.57. The summed E-state index contributed by atoms with van der Waals surface area (Å²) < 4.78 is 19.4. The van der Waals surface area contributed by atoms with Crippen molar-refractivity contribution in [2.75, 3.05) is 37.7 Å². The third kappa shape index (κ3) is 3.06. The van der Waals surface area contributed by atoms with Crippen LogP contribution in [0, 0.1) is 11.7 Å². The fourth-order valence-electron chi connectivity index (χ4n) is 3.23. The molecule has 120 valence electrons. The number of piperazine rings is 1. The van der Waals surface area contributed by atoms with Crippen LogP contribution >= 0.6 is 0 Å². The van der Waals surface area contributed by atoms with E-state index in [4.69, 9.17) is 4.74 Å². The summed E-state index contributed by atoms with van der Waals surface area (Å²) in [5.74, 6) is 0.209. The summed E-state index contributed by atoms with van der Waals surface area (Å²) in [7, 11) is 0. The quantitative estimate of drug-likeness (QED) is 0.834. The highest BCUT2D eigenvalue weighted by Crippen LogP contribution is 2.24. The SMILES string of the molecule is CC1OCCCC1C(=O)N1CCN(c2ncccc2F)CC1. The number of hydrogen-bond donors (Lipinski definition) is 0. The van der Waals surface area contributed by atoms with E-state index in [1.54, 1.807) is 12.3 Å². The predicted octanol–water partition coefficient (Wildman–Crippen LogP) is 1.68. The Bertz CT molecular complexity index is 532. The highest BCUT2D eigenvalue weighted by Gasteiger charge is 2.33. The molecule has 0 spiro atoms. The number of rotatable bonds is 2. The Morgan fingerprint density at radius 1 is 1.36 bits per heavy atom. The van der Waals surface area contributed by atoms with Crippen molar-refractivity contribution >= 4 is 11.7 Å². The number of amides is 1. The van der Waals surface area contributed by atoms with Crippen molar-refractivity contribution in [3.05, 3.63) is 24.1 Å². The molecule has 0 bridgehead atoms. The summed E-state index contributed by atoms with van der Waals surface area (Å²) in [4.78, 5) is 20.5. The topological polar surface area (TPSA) is 45.7 Å². The van der Waals surface area contributed by atoms with Crippen molar-refractivity contribution < 1.29 is 13.9 Å². The maximum absolute atomic E-state index is 13.8. The molecule has 2 atom stereocenters. The summed E-state index contributed by atoms with van der Waals surface area (Å²) in [5.41, 5.74) is 0. The van der Waals surface area contributed by atoms with Crippen molar-refractivity contribution in [1.82, 2.24) is 9.88 Å². The number of nitrogens with zero attached hydrogens (tertiary/aromatic N) is 3. The summed E-state index contributed by atoms with van der Waals surface area (Å²) >= 11 is 0.